The van der Waals surface area contributed by atoms with Gasteiger partial charge in [-0.3, -0.25) is 4.98 Å². The molecule has 1 heterocycles. The summed E-state index contributed by atoms with van der Waals surface area (Å²) in [4.78, 5) is 4.39. The standard InChI is InChI=1S/C16H18N2O/c1-11(15-4-2-3-9-17-15)18-16-8-5-12-10-13(19)6-7-14(12)16/h2-4,6-7,9-11,16,18-19H,5,8H2,1H3/t11-,16?/m0/s1. The van der Waals surface area contributed by atoms with Crippen molar-refractivity contribution in [2.24, 2.45) is 0 Å². The molecule has 0 fully saturated rings. The van der Waals surface area contributed by atoms with Gasteiger partial charge in [-0.1, -0.05) is 12.1 Å². The van der Waals surface area contributed by atoms with E-state index in [1.54, 1.807) is 6.07 Å². The zero-order valence-corrected chi connectivity index (χ0v) is 11.0. The Hall–Kier alpha value is -1.87. The number of hydrogen-bond donors (Lipinski definition) is 2. The fraction of sp³-hybridized carbons (Fsp3) is 0.312. The van der Waals surface area contributed by atoms with Gasteiger partial charge in [-0.15, -0.1) is 0 Å². The Kier molecular flexibility index (Phi) is 3.22. The number of nitrogens with one attached hydrogen (secondary N) is 1. The van der Waals surface area contributed by atoms with Gasteiger partial charge >= 0.3 is 0 Å². The van der Waals surface area contributed by atoms with E-state index in [0.717, 1.165) is 18.5 Å². The molecular formula is C16H18N2O. The minimum absolute atomic E-state index is 0.228. The zero-order valence-electron chi connectivity index (χ0n) is 11.0. The van der Waals surface area contributed by atoms with Crippen LogP contribution in [0, 0.1) is 0 Å². The quantitative estimate of drug-likeness (QED) is 0.884. The van der Waals surface area contributed by atoms with E-state index >= 15 is 0 Å². The summed E-state index contributed by atoms with van der Waals surface area (Å²) in [5.74, 6) is 0.358. The molecule has 0 saturated heterocycles. The third kappa shape index (κ3) is 2.47. The van der Waals surface area contributed by atoms with E-state index in [4.69, 9.17) is 0 Å². The van der Waals surface area contributed by atoms with E-state index < -0.39 is 0 Å². The van der Waals surface area contributed by atoms with Crippen LogP contribution < -0.4 is 5.32 Å². The summed E-state index contributed by atoms with van der Waals surface area (Å²) in [5, 5.41) is 13.1. The average molecular weight is 254 g/mol. The second-order valence-corrected chi connectivity index (χ2v) is 5.12. The van der Waals surface area contributed by atoms with E-state index in [-0.39, 0.29) is 6.04 Å². The Balaban J connectivity index is 1.76. The summed E-state index contributed by atoms with van der Waals surface area (Å²) >= 11 is 0. The van der Waals surface area contributed by atoms with Crippen LogP contribution in [0.1, 0.15) is 42.2 Å². The van der Waals surface area contributed by atoms with Gasteiger partial charge in [0.15, 0.2) is 0 Å². The molecule has 1 aromatic heterocycles. The Morgan fingerprint density at radius 1 is 1.32 bits per heavy atom. The molecule has 3 heteroatoms. The fourth-order valence-electron chi connectivity index (χ4n) is 2.80. The molecule has 3 rings (SSSR count). The molecule has 0 radical (unpaired) electrons. The molecule has 0 aliphatic heterocycles. The molecule has 2 atom stereocenters. The predicted molar refractivity (Wildman–Crippen MR) is 75.0 cm³/mol. The summed E-state index contributed by atoms with van der Waals surface area (Å²) in [6.07, 6.45) is 3.93. The molecule has 0 bridgehead atoms. The number of hydrogen-bond acceptors (Lipinski definition) is 3. The van der Waals surface area contributed by atoms with Crippen LogP contribution in [-0.2, 0) is 6.42 Å². The zero-order chi connectivity index (χ0) is 13.2. The van der Waals surface area contributed by atoms with Crippen molar-refractivity contribution in [2.75, 3.05) is 0 Å². The van der Waals surface area contributed by atoms with Crippen LogP contribution in [-0.4, -0.2) is 10.1 Å². The molecule has 1 aliphatic rings. The smallest absolute Gasteiger partial charge is 0.115 e. The van der Waals surface area contributed by atoms with Crippen LogP contribution >= 0.6 is 0 Å². The van der Waals surface area contributed by atoms with Gasteiger partial charge in [0.1, 0.15) is 5.75 Å². The first kappa shape index (κ1) is 12.2. The molecule has 0 saturated carbocycles. The first-order valence-electron chi connectivity index (χ1n) is 6.73. The normalized spacial score (nSPS) is 19.1. The molecule has 2 N–H and O–H groups in total. The topological polar surface area (TPSA) is 45.1 Å². The maximum atomic E-state index is 9.51. The van der Waals surface area contributed by atoms with Gasteiger partial charge in [-0.2, -0.15) is 0 Å². The molecule has 1 aliphatic carbocycles. The monoisotopic (exact) mass is 254 g/mol. The minimum atomic E-state index is 0.228. The maximum absolute atomic E-state index is 9.51. The van der Waals surface area contributed by atoms with Crippen LogP contribution in [0.5, 0.6) is 5.75 Å². The highest BCUT2D eigenvalue weighted by molar-refractivity contribution is 5.40. The van der Waals surface area contributed by atoms with Crippen molar-refractivity contribution < 1.29 is 5.11 Å². The molecule has 98 valence electrons. The van der Waals surface area contributed by atoms with Crippen molar-refractivity contribution in [1.29, 1.82) is 0 Å². The van der Waals surface area contributed by atoms with E-state index in [9.17, 15) is 5.11 Å². The molecule has 1 aromatic carbocycles. The Morgan fingerprint density at radius 3 is 3.00 bits per heavy atom. The van der Waals surface area contributed by atoms with Crippen LogP contribution in [0.3, 0.4) is 0 Å². The molecule has 0 amide bonds. The lowest BCUT2D eigenvalue weighted by atomic mass is 10.1. The van der Waals surface area contributed by atoms with Crippen LogP contribution in [0.25, 0.3) is 0 Å². The average Bonchev–Trinajstić information content (AvgIpc) is 2.82. The Labute approximate surface area is 113 Å². The van der Waals surface area contributed by atoms with Gasteiger partial charge in [-0.25, -0.2) is 0 Å². The van der Waals surface area contributed by atoms with Gasteiger partial charge in [-0.05, 0) is 55.2 Å². The van der Waals surface area contributed by atoms with Crippen LogP contribution in [0.15, 0.2) is 42.6 Å². The number of phenols is 1. The van der Waals surface area contributed by atoms with E-state index in [0.29, 0.717) is 11.8 Å². The summed E-state index contributed by atoms with van der Waals surface area (Å²) in [6, 6.07) is 12.3. The van der Waals surface area contributed by atoms with Gasteiger partial charge < -0.3 is 10.4 Å². The number of pyridine rings is 1. The van der Waals surface area contributed by atoms with E-state index in [1.807, 2.05) is 36.5 Å². The van der Waals surface area contributed by atoms with Gasteiger partial charge in [0.2, 0.25) is 0 Å². The second-order valence-electron chi connectivity index (χ2n) is 5.12. The van der Waals surface area contributed by atoms with E-state index in [2.05, 4.69) is 17.2 Å². The number of aromatic nitrogens is 1. The van der Waals surface area contributed by atoms with Gasteiger partial charge in [0.05, 0.1) is 5.69 Å². The fourth-order valence-corrected chi connectivity index (χ4v) is 2.80. The summed E-state index contributed by atoms with van der Waals surface area (Å²) < 4.78 is 0. The van der Waals surface area contributed by atoms with Crippen molar-refractivity contribution in [1.82, 2.24) is 10.3 Å². The summed E-state index contributed by atoms with van der Waals surface area (Å²) in [6.45, 7) is 2.14. The number of aromatic hydroxyl groups is 1. The molecular weight excluding hydrogens is 236 g/mol. The number of aryl methyl sites for hydroxylation is 1. The molecule has 2 aromatic rings. The maximum Gasteiger partial charge on any atom is 0.115 e. The number of rotatable bonds is 3. The summed E-state index contributed by atoms with van der Waals surface area (Å²) in [5.41, 5.74) is 3.63. The number of nitrogens with zero attached hydrogens (tertiary/aromatic N) is 1. The highest BCUT2D eigenvalue weighted by atomic mass is 16.3. The highest BCUT2D eigenvalue weighted by Gasteiger charge is 2.24. The first-order chi connectivity index (χ1) is 9.24. The van der Waals surface area contributed by atoms with Crippen molar-refractivity contribution >= 4 is 0 Å². The Bertz CT molecular complexity index is 568. The third-order valence-electron chi connectivity index (χ3n) is 3.79. The minimum Gasteiger partial charge on any atom is -0.508 e. The number of phenolic OH excluding ortho intramolecular Hbond substituents is 1. The number of fused-ring (bicyclic) bond motifs is 1. The van der Waals surface area contributed by atoms with Crippen LogP contribution in [0.2, 0.25) is 0 Å². The lowest BCUT2D eigenvalue weighted by Gasteiger charge is -2.20. The van der Waals surface area contributed by atoms with Crippen molar-refractivity contribution in [3.8, 4) is 5.75 Å². The third-order valence-corrected chi connectivity index (χ3v) is 3.79. The molecule has 0 spiro atoms. The van der Waals surface area contributed by atoms with Crippen LogP contribution in [0.4, 0.5) is 0 Å². The molecule has 1 unspecified atom stereocenters. The lowest BCUT2D eigenvalue weighted by Crippen LogP contribution is -2.23. The number of benzene rings is 1. The molecule has 19 heavy (non-hydrogen) atoms. The predicted octanol–water partition coefficient (Wildman–Crippen LogP) is 3.13. The second kappa shape index (κ2) is 5.02. The summed E-state index contributed by atoms with van der Waals surface area (Å²) in [7, 11) is 0. The lowest BCUT2D eigenvalue weighted by molar-refractivity contribution is 0.457. The SMILES string of the molecule is C[C@H](NC1CCc2cc(O)ccc21)c1ccccn1. The molecule has 3 nitrogen and oxygen atoms in total. The van der Waals surface area contributed by atoms with Crippen molar-refractivity contribution in [2.45, 2.75) is 31.8 Å². The van der Waals surface area contributed by atoms with Gasteiger partial charge in [0, 0.05) is 18.3 Å². The van der Waals surface area contributed by atoms with Crippen molar-refractivity contribution in [3.05, 3.63) is 59.4 Å². The van der Waals surface area contributed by atoms with Gasteiger partial charge in [0.25, 0.3) is 0 Å². The van der Waals surface area contributed by atoms with E-state index in [1.165, 1.54) is 11.1 Å². The first-order valence-corrected chi connectivity index (χ1v) is 6.73. The van der Waals surface area contributed by atoms with Crippen molar-refractivity contribution in [3.63, 3.8) is 0 Å². The highest BCUT2D eigenvalue weighted by Crippen LogP contribution is 2.34. The Morgan fingerprint density at radius 2 is 2.21 bits per heavy atom. The largest absolute Gasteiger partial charge is 0.508 e.